The normalized spacial score (nSPS) is 26.6. The highest BCUT2D eigenvalue weighted by atomic mass is 32.2. The van der Waals surface area contributed by atoms with Crippen LogP contribution in [0.25, 0.3) is 0 Å². The van der Waals surface area contributed by atoms with E-state index in [2.05, 4.69) is 0 Å². The van der Waals surface area contributed by atoms with E-state index in [4.69, 9.17) is 0 Å². The Balaban J connectivity index is 1.38. The van der Waals surface area contributed by atoms with Gasteiger partial charge in [-0.05, 0) is 25.7 Å². The number of unbranched alkanes of at least 4 members (excludes halogenated alkanes) is 5. The summed E-state index contributed by atoms with van der Waals surface area (Å²) in [4.78, 5) is 22.9. The lowest BCUT2D eigenvalue weighted by atomic mass is 9.97. The average Bonchev–Trinajstić information content (AvgIpc) is 3.02. The van der Waals surface area contributed by atoms with E-state index in [1.54, 1.807) is 0 Å². The molecule has 2 aliphatic heterocycles. The minimum Gasteiger partial charge on any atom is -0.287 e. The Morgan fingerprint density at radius 3 is 1.45 bits per heavy atom. The van der Waals surface area contributed by atoms with Crippen LogP contribution in [0.5, 0.6) is 0 Å². The molecule has 114 valence electrons. The maximum Gasteiger partial charge on any atom is 0.192 e. The Labute approximate surface area is 131 Å². The first-order valence-corrected chi connectivity index (χ1v) is 10.1. The Hall–Kier alpha value is 0.0400. The second-order valence-electron chi connectivity index (χ2n) is 6.00. The lowest BCUT2D eigenvalue weighted by Gasteiger charge is -2.07. The first-order valence-electron chi connectivity index (χ1n) is 8.10. The molecule has 2 saturated heterocycles. The van der Waals surface area contributed by atoms with Gasteiger partial charge >= 0.3 is 0 Å². The van der Waals surface area contributed by atoms with Crippen molar-refractivity contribution in [3.05, 3.63) is 0 Å². The number of rotatable bonds is 9. The van der Waals surface area contributed by atoms with Crippen LogP contribution in [-0.4, -0.2) is 21.7 Å². The van der Waals surface area contributed by atoms with Crippen LogP contribution < -0.4 is 0 Å². The minimum absolute atomic E-state index is 0.367. The van der Waals surface area contributed by atoms with Crippen molar-refractivity contribution in [3.63, 3.8) is 0 Å². The summed E-state index contributed by atoms with van der Waals surface area (Å²) in [6.07, 6.45) is 12.0. The van der Waals surface area contributed by atoms with Crippen LogP contribution in [0.2, 0.25) is 0 Å². The van der Waals surface area contributed by atoms with Gasteiger partial charge in [0, 0.05) is 23.3 Å². The predicted molar refractivity (Wildman–Crippen MR) is 88.1 cm³/mol. The molecular formula is C16H26O2S2. The molecular weight excluding hydrogens is 288 g/mol. The monoisotopic (exact) mass is 314 g/mol. The van der Waals surface area contributed by atoms with Gasteiger partial charge in [0.05, 0.1) is 0 Å². The fourth-order valence-corrected chi connectivity index (χ4v) is 5.24. The second-order valence-corrected chi connectivity index (χ2v) is 8.20. The summed E-state index contributed by atoms with van der Waals surface area (Å²) in [6.45, 7) is 0. The van der Waals surface area contributed by atoms with Gasteiger partial charge in [0.2, 0.25) is 0 Å². The van der Waals surface area contributed by atoms with Crippen molar-refractivity contribution >= 4 is 33.8 Å². The molecule has 2 aliphatic rings. The third-order valence-electron chi connectivity index (χ3n) is 4.44. The third kappa shape index (κ3) is 5.44. The van der Waals surface area contributed by atoms with Gasteiger partial charge in [0.15, 0.2) is 10.2 Å². The molecule has 2 fully saturated rings. The molecule has 0 radical (unpaired) electrons. The van der Waals surface area contributed by atoms with Crippen LogP contribution in [0.15, 0.2) is 0 Å². The summed E-state index contributed by atoms with van der Waals surface area (Å²) < 4.78 is 0. The molecule has 2 heterocycles. The van der Waals surface area contributed by atoms with Crippen LogP contribution in [0.3, 0.4) is 0 Å². The molecule has 2 nitrogen and oxygen atoms in total. The van der Waals surface area contributed by atoms with Crippen LogP contribution in [0, 0.1) is 11.8 Å². The summed E-state index contributed by atoms with van der Waals surface area (Å²) in [5.74, 6) is 2.82. The van der Waals surface area contributed by atoms with Crippen molar-refractivity contribution in [3.8, 4) is 0 Å². The Morgan fingerprint density at radius 2 is 1.10 bits per heavy atom. The number of carbonyl (C=O) groups is 2. The van der Waals surface area contributed by atoms with E-state index in [9.17, 15) is 9.59 Å². The standard InChI is InChI=1S/C16H26O2S2/c17-15-13(9-11-19-15)7-5-3-1-2-4-6-8-14-10-12-20-16(14)18/h13-14H,1-12H2. The fraction of sp³-hybridized carbons (Fsp3) is 0.875. The SMILES string of the molecule is O=C1SCCC1CCCCCCCCC1CCSC1=O. The van der Waals surface area contributed by atoms with Crippen molar-refractivity contribution in [2.45, 2.75) is 64.2 Å². The molecule has 0 bridgehead atoms. The topological polar surface area (TPSA) is 34.1 Å². The van der Waals surface area contributed by atoms with Crippen LogP contribution >= 0.6 is 23.5 Å². The quantitative estimate of drug-likeness (QED) is 0.579. The molecule has 4 heteroatoms. The van der Waals surface area contributed by atoms with Crippen LogP contribution in [0.4, 0.5) is 0 Å². The molecule has 2 unspecified atom stereocenters. The Kier molecular flexibility index (Phi) is 7.50. The summed E-state index contributed by atoms with van der Waals surface area (Å²) in [5.41, 5.74) is 0. The zero-order valence-corrected chi connectivity index (χ0v) is 13.9. The molecule has 0 aromatic heterocycles. The maximum atomic E-state index is 11.5. The van der Waals surface area contributed by atoms with Crippen molar-refractivity contribution in [1.82, 2.24) is 0 Å². The van der Waals surface area contributed by atoms with Crippen molar-refractivity contribution in [2.24, 2.45) is 11.8 Å². The fourth-order valence-electron chi connectivity index (χ4n) is 3.09. The van der Waals surface area contributed by atoms with Crippen LogP contribution in [-0.2, 0) is 9.59 Å². The molecule has 0 spiro atoms. The maximum absolute atomic E-state index is 11.5. The number of hydrogen-bond acceptors (Lipinski definition) is 4. The summed E-state index contributed by atoms with van der Waals surface area (Å²) in [5, 5.41) is 0.869. The molecule has 20 heavy (non-hydrogen) atoms. The van der Waals surface area contributed by atoms with Gasteiger partial charge in [-0.25, -0.2) is 0 Å². The first kappa shape index (κ1) is 16.4. The van der Waals surface area contributed by atoms with E-state index in [0.717, 1.165) is 37.2 Å². The zero-order valence-electron chi connectivity index (χ0n) is 12.3. The van der Waals surface area contributed by atoms with E-state index >= 15 is 0 Å². The molecule has 0 amide bonds. The third-order valence-corrected chi connectivity index (χ3v) is 6.56. The number of hydrogen-bond donors (Lipinski definition) is 0. The predicted octanol–water partition coefficient (Wildman–Crippen LogP) is 4.67. The first-order chi connectivity index (χ1) is 9.77. The zero-order chi connectivity index (χ0) is 14.2. The molecule has 0 aromatic carbocycles. The second kappa shape index (κ2) is 9.14. The van der Waals surface area contributed by atoms with Crippen LogP contribution in [0.1, 0.15) is 64.2 Å². The van der Waals surface area contributed by atoms with E-state index in [1.165, 1.54) is 62.0 Å². The highest BCUT2D eigenvalue weighted by molar-refractivity contribution is 8.14. The Morgan fingerprint density at radius 1 is 0.700 bits per heavy atom. The van der Waals surface area contributed by atoms with Gasteiger partial charge in [0.1, 0.15) is 0 Å². The highest BCUT2D eigenvalue weighted by Crippen LogP contribution is 2.30. The summed E-state index contributed by atoms with van der Waals surface area (Å²) >= 11 is 3.05. The summed E-state index contributed by atoms with van der Waals surface area (Å²) in [7, 11) is 0. The van der Waals surface area contributed by atoms with Gasteiger partial charge < -0.3 is 0 Å². The van der Waals surface area contributed by atoms with Gasteiger partial charge in [-0.1, -0.05) is 62.0 Å². The Bertz CT molecular complexity index is 298. The smallest absolute Gasteiger partial charge is 0.192 e. The van der Waals surface area contributed by atoms with Crippen molar-refractivity contribution < 1.29 is 9.59 Å². The van der Waals surface area contributed by atoms with Gasteiger partial charge in [-0.2, -0.15) is 0 Å². The molecule has 2 rings (SSSR count). The largest absolute Gasteiger partial charge is 0.287 e. The summed E-state index contributed by atoms with van der Waals surface area (Å²) in [6, 6.07) is 0. The number of thioether (sulfide) groups is 2. The van der Waals surface area contributed by atoms with E-state index in [-0.39, 0.29) is 0 Å². The van der Waals surface area contributed by atoms with Gasteiger partial charge in [0.25, 0.3) is 0 Å². The lowest BCUT2D eigenvalue weighted by molar-refractivity contribution is -0.114. The van der Waals surface area contributed by atoms with Gasteiger partial charge in [-0.3, -0.25) is 9.59 Å². The molecule has 2 atom stereocenters. The van der Waals surface area contributed by atoms with E-state index in [0.29, 0.717) is 22.1 Å². The van der Waals surface area contributed by atoms with E-state index < -0.39 is 0 Å². The lowest BCUT2D eigenvalue weighted by Crippen LogP contribution is -2.04. The minimum atomic E-state index is 0.367. The molecule has 0 saturated carbocycles. The molecule has 0 N–H and O–H groups in total. The molecule has 0 aliphatic carbocycles. The van der Waals surface area contributed by atoms with E-state index in [1.807, 2.05) is 0 Å². The van der Waals surface area contributed by atoms with Crippen molar-refractivity contribution in [1.29, 1.82) is 0 Å². The number of carbonyl (C=O) groups excluding carboxylic acids is 2. The highest BCUT2D eigenvalue weighted by Gasteiger charge is 2.25. The van der Waals surface area contributed by atoms with Crippen molar-refractivity contribution in [2.75, 3.05) is 11.5 Å². The van der Waals surface area contributed by atoms with Gasteiger partial charge in [-0.15, -0.1) is 0 Å². The molecule has 0 aromatic rings. The average molecular weight is 315 g/mol.